The van der Waals surface area contributed by atoms with E-state index >= 15 is 0 Å². The fourth-order valence-corrected chi connectivity index (χ4v) is 4.00. The van der Waals surface area contributed by atoms with Crippen molar-refractivity contribution in [2.24, 2.45) is 0 Å². The molecule has 0 unspecified atom stereocenters. The van der Waals surface area contributed by atoms with Crippen LogP contribution in [0.15, 0.2) is 53.4 Å². The van der Waals surface area contributed by atoms with Crippen LogP contribution in [0.1, 0.15) is 41.7 Å². The number of carbonyl (C=O) groups is 1. The molecule has 0 aliphatic carbocycles. The maximum atomic E-state index is 13.0. The highest BCUT2D eigenvalue weighted by molar-refractivity contribution is 7.90. The third-order valence-corrected chi connectivity index (χ3v) is 5.71. The number of nitrogens with zero attached hydrogens (tertiary/aromatic N) is 1. The molecule has 1 amide bonds. The van der Waals surface area contributed by atoms with Crippen molar-refractivity contribution in [2.45, 2.75) is 30.7 Å². The van der Waals surface area contributed by atoms with E-state index in [1.807, 2.05) is 36.1 Å². The molecular weight excluding hydrogens is 350 g/mol. The van der Waals surface area contributed by atoms with Gasteiger partial charge in [0, 0.05) is 18.4 Å². The highest BCUT2D eigenvalue weighted by atomic mass is 32.2. The second-order valence-electron chi connectivity index (χ2n) is 6.46. The van der Waals surface area contributed by atoms with Gasteiger partial charge >= 0.3 is 0 Å². The normalized spacial score (nSPS) is 17.3. The molecule has 2 aromatic rings. The van der Waals surface area contributed by atoms with Crippen LogP contribution in [0, 0.1) is 0 Å². The van der Waals surface area contributed by atoms with E-state index in [-0.39, 0.29) is 16.8 Å². The summed E-state index contributed by atoms with van der Waals surface area (Å²) in [6.45, 7) is 3.22. The number of amides is 1. The molecule has 0 spiro atoms. The molecule has 1 aliphatic heterocycles. The Balaban J connectivity index is 1.85. The van der Waals surface area contributed by atoms with Gasteiger partial charge in [0.05, 0.1) is 17.5 Å². The highest BCUT2D eigenvalue weighted by Crippen LogP contribution is 2.34. The van der Waals surface area contributed by atoms with Crippen LogP contribution < -0.4 is 4.74 Å². The first-order chi connectivity index (χ1) is 12.4. The molecule has 0 radical (unpaired) electrons. The summed E-state index contributed by atoms with van der Waals surface area (Å²) in [5.74, 6) is 0.680. The second-order valence-corrected chi connectivity index (χ2v) is 8.47. The van der Waals surface area contributed by atoms with Crippen LogP contribution in [-0.4, -0.2) is 38.6 Å². The number of rotatable bonds is 5. The average Bonchev–Trinajstić information content (AvgIpc) is 3.11. The summed E-state index contributed by atoms with van der Waals surface area (Å²) in [6, 6.07) is 14.1. The number of hydrogen-bond acceptors (Lipinski definition) is 4. The van der Waals surface area contributed by atoms with Crippen molar-refractivity contribution in [1.29, 1.82) is 0 Å². The van der Waals surface area contributed by atoms with E-state index in [2.05, 4.69) is 0 Å². The third kappa shape index (κ3) is 3.90. The van der Waals surface area contributed by atoms with Gasteiger partial charge in [-0.3, -0.25) is 4.79 Å². The molecule has 1 aliphatic rings. The van der Waals surface area contributed by atoms with Crippen LogP contribution in [0.5, 0.6) is 5.75 Å². The Morgan fingerprint density at radius 1 is 1.19 bits per heavy atom. The van der Waals surface area contributed by atoms with E-state index in [1.54, 1.807) is 12.1 Å². The Hall–Kier alpha value is -2.34. The molecule has 0 aromatic heterocycles. The molecule has 138 valence electrons. The minimum absolute atomic E-state index is 0.0000614. The zero-order chi connectivity index (χ0) is 18.7. The summed E-state index contributed by atoms with van der Waals surface area (Å²) in [4.78, 5) is 15.0. The fraction of sp³-hybridized carbons (Fsp3) is 0.350. The molecule has 1 saturated heterocycles. The Bertz CT molecular complexity index is 890. The van der Waals surface area contributed by atoms with E-state index in [9.17, 15) is 13.2 Å². The predicted octanol–water partition coefficient (Wildman–Crippen LogP) is 3.47. The van der Waals surface area contributed by atoms with E-state index in [0.717, 1.165) is 30.4 Å². The molecule has 0 N–H and O–H groups in total. The molecule has 1 atom stereocenters. The molecule has 2 aromatic carbocycles. The number of sulfone groups is 1. The SMILES string of the molecule is CCOc1ccc([C@H]2CCCN2C(=O)c2cccc(S(C)(=O)=O)c2)cc1. The lowest BCUT2D eigenvalue weighted by molar-refractivity contribution is 0.0735. The van der Waals surface area contributed by atoms with Crippen LogP contribution in [-0.2, 0) is 9.84 Å². The van der Waals surface area contributed by atoms with Gasteiger partial charge in [-0.15, -0.1) is 0 Å². The van der Waals surface area contributed by atoms with Gasteiger partial charge in [0.1, 0.15) is 5.75 Å². The molecule has 26 heavy (non-hydrogen) atoms. The number of hydrogen-bond donors (Lipinski definition) is 0. The van der Waals surface area contributed by atoms with Crippen LogP contribution in [0.3, 0.4) is 0 Å². The van der Waals surface area contributed by atoms with E-state index in [4.69, 9.17) is 4.74 Å². The summed E-state index contributed by atoms with van der Waals surface area (Å²) in [5, 5.41) is 0. The van der Waals surface area contributed by atoms with E-state index in [0.29, 0.717) is 18.7 Å². The molecule has 3 rings (SSSR count). The summed E-state index contributed by atoms with van der Waals surface area (Å²) in [6.07, 6.45) is 2.97. The first kappa shape index (κ1) is 18.5. The van der Waals surface area contributed by atoms with Gasteiger partial charge in [0.25, 0.3) is 5.91 Å². The molecule has 0 bridgehead atoms. The summed E-state index contributed by atoms with van der Waals surface area (Å²) >= 11 is 0. The van der Waals surface area contributed by atoms with Gasteiger partial charge in [-0.25, -0.2) is 8.42 Å². The van der Waals surface area contributed by atoms with Crippen LogP contribution in [0.2, 0.25) is 0 Å². The number of likely N-dealkylation sites (tertiary alicyclic amines) is 1. The molecule has 5 nitrogen and oxygen atoms in total. The van der Waals surface area contributed by atoms with Crippen LogP contribution >= 0.6 is 0 Å². The Morgan fingerprint density at radius 3 is 2.58 bits per heavy atom. The van der Waals surface area contributed by atoms with Gasteiger partial charge in [-0.1, -0.05) is 18.2 Å². The average molecular weight is 373 g/mol. The van der Waals surface area contributed by atoms with Crippen molar-refractivity contribution in [3.8, 4) is 5.75 Å². The third-order valence-electron chi connectivity index (χ3n) is 4.60. The first-order valence-corrected chi connectivity index (χ1v) is 10.6. The minimum atomic E-state index is -3.34. The lowest BCUT2D eigenvalue weighted by Gasteiger charge is -2.25. The van der Waals surface area contributed by atoms with Crippen molar-refractivity contribution < 1.29 is 17.9 Å². The molecular formula is C20H23NO4S. The predicted molar refractivity (Wildman–Crippen MR) is 100 cm³/mol. The topological polar surface area (TPSA) is 63.7 Å². The van der Waals surface area contributed by atoms with Crippen molar-refractivity contribution in [1.82, 2.24) is 4.90 Å². The van der Waals surface area contributed by atoms with Crippen LogP contribution in [0.4, 0.5) is 0 Å². The number of benzene rings is 2. The van der Waals surface area contributed by atoms with Gasteiger partial charge in [-0.2, -0.15) is 0 Å². The van der Waals surface area contributed by atoms with Crippen molar-refractivity contribution >= 4 is 15.7 Å². The maximum absolute atomic E-state index is 13.0. The number of carbonyl (C=O) groups excluding carboxylic acids is 1. The van der Waals surface area contributed by atoms with Gasteiger partial charge in [-0.05, 0) is 55.7 Å². The quantitative estimate of drug-likeness (QED) is 0.805. The Labute approximate surface area is 154 Å². The molecule has 1 fully saturated rings. The van der Waals surface area contributed by atoms with Crippen molar-refractivity contribution in [3.63, 3.8) is 0 Å². The second kappa shape index (κ2) is 7.50. The van der Waals surface area contributed by atoms with Gasteiger partial charge < -0.3 is 9.64 Å². The lowest BCUT2D eigenvalue weighted by Crippen LogP contribution is -2.30. The first-order valence-electron chi connectivity index (χ1n) is 8.74. The molecule has 1 heterocycles. The van der Waals surface area contributed by atoms with Gasteiger partial charge in [0.15, 0.2) is 9.84 Å². The largest absolute Gasteiger partial charge is 0.494 e. The highest BCUT2D eigenvalue weighted by Gasteiger charge is 2.30. The minimum Gasteiger partial charge on any atom is -0.494 e. The Morgan fingerprint density at radius 2 is 1.92 bits per heavy atom. The van der Waals surface area contributed by atoms with Crippen molar-refractivity contribution in [2.75, 3.05) is 19.4 Å². The smallest absolute Gasteiger partial charge is 0.254 e. The lowest BCUT2D eigenvalue weighted by atomic mass is 10.0. The Kier molecular flexibility index (Phi) is 5.32. The summed E-state index contributed by atoms with van der Waals surface area (Å²) < 4.78 is 29.0. The molecule has 0 saturated carbocycles. The molecule has 6 heteroatoms. The maximum Gasteiger partial charge on any atom is 0.254 e. The zero-order valence-electron chi connectivity index (χ0n) is 15.0. The monoisotopic (exact) mass is 373 g/mol. The fourth-order valence-electron chi connectivity index (χ4n) is 3.33. The van der Waals surface area contributed by atoms with E-state index < -0.39 is 9.84 Å². The van der Waals surface area contributed by atoms with Crippen molar-refractivity contribution in [3.05, 3.63) is 59.7 Å². The summed E-state index contributed by atoms with van der Waals surface area (Å²) in [7, 11) is -3.34. The summed E-state index contributed by atoms with van der Waals surface area (Å²) in [5.41, 5.74) is 1.48. The zero-order valence-corrected chi connectivity index (χ0v) is 15.8. The van der Waals surface area contributed by atoms with Crippen LogP contribution in [0.25, 0.3) is 0 Å². The van der Waals surface area contributed by atoms with Gasteiger partial charge in [0.2, 0.25) is 0 Å². The standard InChI is InChI=1S/C20H23NO4S/c1-3-25-17-11-9-15(10-12-17)19-8-5-13-21(19)20(22)16-6-4-7-18(14-16)26(2,23)24/h4,6-7,9-12,14,19H,3,5,8,13H2,1-2H3/t19-/m1/s1. The number of ether oxygens (including phenoxy) is 1. The van der Waals surface area contributed by atoms with E-state index in [1.165, 1.54) is 12.1 Å².